The molecule has 0 atom stereocenters. The maximum atomic E-state index is 12.7. The average Bonchev–Trinajstić information content (AvgIpc) is 3.26. The Labute approximate surface area is 176 Å². The van der Waals surface area contributed by atoms with E-state index in [1.54, 1.807) is 17.9 Å². The summed E-state index contributed by atoms with van der Waals surface area (Å²) in [5.41, 5.74) is 3.04. The van der Waals surface area contributed by atoms with Crippen molar-refractivity contribution < 1.29 is 23.6 Å². The van der Waals surface area contributed by atoms with E-state index in [2.05, 4.69) is 17.3 Å². The lowest BCUT2D eigenvalue weighted by atomic mass is 9.92. The highest BCUT2D eigenvalue weighted by Gasteiger charge is 2.29. The fraction of sp³-hybridized carbons (Fsp3) is 0.522. The van der Waals surface area contributed by atoms with Gasteiger partial charge in [0.05, 0.1) is 12.5 Å². The number of carbonyl (C=O) groups excluding carboxylic acids is 2. The monoisotopic (exact) mass is 412 g/mol. The van der Waals surface area contributed by atoms with Crippen LogP contribution in [0, 0.1) is 5.92 Å². The molecule has 1 fully saturated rings. The molecule has 0 N–H and O–H groups in total. The molecule has 2 aliphatic rings. The fourth-order valence-corrected chi connectivity index (χ4v) is 4.18. The number of aryl methyl sites for hydroxylation is 2. The zero-order valence-corrected chi connectivity index (χ0v) is 17.4. The molecular weight excluding hydrogens is 384 g/mol. The molecule has 1 saturated heterocycles. The van der Waals surface area contributed by atoms with Gasteiger partial charge in [0.15, 0.2) is 11.5 Å². The van der Waals surface area contributed by atoms with Crippen LogP contribution in [0.15, 0.2) is 28.8 Å². The Bertz CT molecular complexity index is 899. The van der Waals surface area contributed by atoms with Crippen molar-refractivity contribution >= 4 is 11.9 Å². The van der Waals surface area contributed by atoms with Crippen LogP contribution in [0.1, 0.15) is 60.0 Å². The molecule has 7 heteroatoms. The molecule has 1 amide bonds. The van der Waals surface area contributed by atoms with Crippen LogP contribution >= 0.6 is 0 Å². The quantitative estimate of drug-likeness (QED) is 0.675. The van der Waals surface area contributed by atoms with E-state index in [-0.39, 0.29) is 30.1 Å². The van der Waals surface area contributed by atoms with E-state index in [1.165, 1.54) is 24.0 Å². The number of amides is 1. The van der Waals surface area contributed by atoms with E-state index in [0.29, 0.717) is 38.3 Å². The van der Waals surface area contributed by atoms with Crippen LogP contribution in [0.2, 0.25) is 0 Å². The molecule has 0 radical (unpaired) electrons. The molecule has 0 spiro atoms. The Balaban J connectivity index is 1.30. The van der Waals surface area contributed by atoms with Crippen LogP contribution in [0.5, 0.6) is 5.75 Å². The SMILES string of the molecule is CCOC(=O)C1CCN(C(=O)c2cc(COc3ccc4c(c3)CCCC4)on2)CC1. The summed E-state index contributed by atoms with van der Waals surface area (Å²) in [6.45, 7) is 3.43. The molecule has 1 aromatic heterocycles. The number of hydrogen-bond donors (Lipinski definition) is 0. The van der Waals surface area contributed by atoms with Gasteiger partial charge >= 0.3 is 5.97 Å². The third-order valence-corrected chi connectivity index (χ3v) is 5.88. The molecular formula is C23H28N2O5. The first-order valence-corrected chi connectivity index (χ1v) is 10.8. The van der Waals surface area contributed by atoms with Gasteiger partial charge in [-0.1, -0.05) is 11.2 Å². The lowest BCUT2D eigenvalue weighted by molar-refractivity contribution is -0.149. The number of nitrogens with zero attached hydrogens (tertiary/aromatic N) is 2. The Morgan fingerprint density at radius 3 is 2.67 bits per heavy atom. The van der Waals surface area contributed by atoms with Crippen LogP contribution in [0.25, 0.3) is 0 Å². The minimum atomic E-state index is -0.180. The first-order chi connectivity index (χ1) is 14.6. The number of benzene rings is 1. The van der Waals surface area contributed by atoms with Gasteiger partial charge in [-0.25, -0.2) is 0 Å². The number of likely N-dealkylation sites (tertiary alicyclic amines) is 1. The Hall–Kier alpha value is -2.83. The number of esters is 1. The van der Waals surface area contributed by atoms with Gasteiger partial charge in [-0.05, 0) is 68.7 Å². The summed E-state index contributed by atoms with van der Waals surface area (Å²) in [7, 11) is 0. The molecule has 30 heavy (non-hydrogen) atoms. The number of ether oxygens (including phenoxy) is 2. The summed E-state index contributed by atoms with van der Waals surface area (Å²) >= 11 is 0. The van der Waals surface area contributed by atoms with Crippen molar-refractivity contribution in [3.8, 4) is 5.75 Å². The van der Waals surface area contributed by atoms with Crippen molar-refractivity contribution in [2.45, 2.75) is 52.1 Å². The van der Waals surface area contributed by atoms with Gasteiger partial charge < -0.3 is 18.9 Å². The molecule has 7 nitrogen and oxygen atoms in total. The lowest BCUT2D eigenvalue weighted by Crippen LogP contribution is -2.40. The number of carbonyl (C=O) groups is 2. The lowest BCUT2D eigenvalue weighted by Gasteiger charge is -2.30. The Kier molecular flexibility index (Phi) is 6.35. The van der Waals surface area contributed by atoms with Crippen molar-refractivity contribution in [3.63, 3.8) is 0 Å². The van der Waals surface area contributed by atoms with E-state index in [4.69, 9.17) is 14.0 Å². The molecule has 0 bridgehead atoms. The molecule has 2 aromatic rings. The standard InChI is InChI=1S/C23H28N2O5/c1-2-28-23(27)17-9-11-25(12-10-17)22(26)21-14-20(30-24-21)15-29-19-8-7-16-5-3-4-6-18(16)13-19/h7-8,13-14,17H,2-6,9-12,15H2,1H3. The van der Waals surface area contributed by atoms with Gasteiger partial charge in [0.1, 0.15) is 12.4 Å². The largest absolute Gasteiger partial charge is 0.486 e. The van der Waals surface area contributed by atoms with E-state index >= 15 is 0 Å². The van der Waals surface area contributed by atoms with E-state index in [9.17, 15) is 9.59 Å². The molecule has 1 aliphatic carbocycles. The molecule has 2 heterocycles. The number of aromatic nitrogens is 1. The smallest absolute Gasteiger partial charge is 0.309 e. The maximum Gasteiger partial charge on any atom is 0.309 e. The van der Waals surface area contributed by atoms with Crippen LogP contribution < -0.4 is 4.74 Å². The highest BCUT2D eigenvalue weighted by atomic mass is 16.5. The van der Waals surface area contributed by atoms with Crippen molar-refractivity contribution in [1.82, 2.24) is 10.1 Å². The summed E-state index contributed by atoms with van der Waals surface area (Å²) in [4.78, 5) is 26.3. The molecule has 1 aliphatic heterocycles. The van der Waals surface area contributed by atoms with Crippen molar-refractivity contribution in [2.24, 2.45) is 5.92 Å². The Morgan fingerprint density at radius 1 is 1.13 bits per heavy atom. The van der Waals surface area contributed by atoms with Gasteiger partial charge in [-0.3, -0.25) is 9.59 Å². The fourth-order valence-electron chi connectivity index (χ4n) is 4.18. The second kappa shape index (κ2) is 9.32. The first-order valence-electron chi connectivity index (χ1n) is 10.8. The van der Waals surface area contributed by atoms with E-state index in [0.717, 1.165) is 18.6 Å². The second-order valence-electron chi connectivity index (χ2n) is 7.92. The summed E-state index contributed by atoms with van der Waals surface area (Å²) in [5, 5.41) is 3.92. The maximum absolute atomic E-state index is 12.7. The minimum absolute atomic E-state index is 0.133. The number of fused-ring (bicyclic) bond motifs is 1. The molecule has 0 unspecified atom stereocenters. The number of rotatable bonds is 6. The van der Waals surface area contributed by atoms with Gasteiger partial charge in [0, 0.05) is 19.2 Å². The predicted octanol–water partition coefficient (Wildman–Crippen LogP) is 3.55. The molecule has 160 valence electrons. The summed E-state index contributed by atoms with van der Waals surface area (Å²) in [5.74, 6) is 0.832. The molecule has 1 aromatic carbocycles. The minimum Gasteiger partial charge on any atom is -0.486 e. The normalized spacial score (nSPS) is 16.8. The Morgan fingerprint density at radius 2 is 1.90 bits per heavy atom. The van der Waals surface area contributed by atoms with Crippen molar-refractivity contribution in [1.29, 1.82) is 0 Å². The average molecular weight is 412 g/mol. The van der Waals surface area contributed by atoms with Crippen LogP contribution in [0.4, 0.5) is 0 Å². The molecule has 0 saturated carbocycles. The highest BCUT2D eigenvalue weighted by molar-refractivity contribution is 5.92. The third-order valence-electron chi connectivity index (χ3n) is 5.88. The van der Waals surface area contributed by atoms with Crippen LogP contribution in [-0.2, 0) is 29.0 Å². The summed E-state index contributed by atoms with van der Waals surface area (Å²) in [6.07, 6.45) is 5.93. The van der Waals surface area contributed by atoms with E-state index < -0.39 is 0 Å². The van der Waals surface area contributed by atoms with Crippen molar-refractivity contribution in [3.05, 3.63) is 46.8 Å². The van der Waals surface area contributed by atoms with Crippen LogP contribution in [-0.4, -0.2) is 41.6 Å². The second-order valence-corrected chi connectivity index (χ2v) is 7.92. The zero-order valence-electron chi connectivity index (χ0n) is 17.4. The van der Waals surface area contributed by atoms with Crippen molar-refractivity contribution in [2.75, 3.05) is 19.7 Å². The third kappa shape index (κ3) is 4.66. The predicted molar refractivity (Wildman–Crippen MR) is 109 cm³/mol. The topological polar surface area (TPSA) is 81.9 Å². The number of piperidine rings is 1. The summed E-state index contributed by atoms with van der Waals surface area (Å²) < 4.78 is 16.2. The number of hydrogen-bond acceptors (Lipinski definition) is 6. The summed E-state index contributed by atoms with van der Waals surface area (Å²) in [6, 6.07) is 7.86. The first kappa shape index (κ1) is 20.4. The van der Waals surface area contributed by atoms with Gasteiger partial charge in [-0.15, -0.1) is 0 Å². The van der Waals surface area contributed by atoms with Gasteiger partial charge in [-0.2, -0.15) is 0 Å². The van der Waals surface area contributed by atoms with Gasteiger partial charge in [0.2, 0.25) is 0 Å². The van der Waals surface area contributed by atoms with Crippen LogP contribution in [0.3, 0.4) is 0 Å². The van der Waals surface area contributed by atoms with E-state index in [1.807, 2.05) is 6.07 Å². The molecule has 4 rings (SSSR count). The highest BCUT2D eigenvalue weighted by Crippen LogP contribution is 2.26. The zero-order chi connectivity index (χ0) is 20.9. The van der Waals surface area contributed by atoms with Gasteiger partial charge in [0.25, 0.3) is 5.91 Å².